The zero-order valence-electron chi connectivity index (χ0n) is 16.6. The summed E-state index contributed by atoms with van der Waals surface area (Å²) in [5, 5.41) is 2.60. The first-order chi connectivity index (χ1) is 13.8. The van der Waals surface area contributed by atoms with Crippen LogP contribution in [0, 0.1) is 12.7 Å². The summed E-state index contributed by atoms with van der Waals surface area (Å²) < 4.78 is 46.8. The van der Waals surface area contributed by atoms with E-state index in [2.05, 4.69) is 5.32 Å². The van der Waals surface area contributed by atoms with Crippen LogP contribution in [0.15, 0.2) is 41.3 Å². The SMILES string of the molecule is COc1ccc(C(=O)Nc2ccc(C)c(F)c2)cc1S(=O)(=O)N1CCCCCC1. The van der Waals surface area contributed by atoms with Crippen LogP contribution in [0.4, 0.5) is 10.1 Å². The first kappa shape index (κ1) is 21.3. The maximum atomic E-state index is 13.7. The van der Waals surface area contributed by atoms with Crippen LogP contribution in [-0.2, 0) is 10.0 Å². The normalized spacial score (nSPS) is 15.6. The van der Waals surface area contributed by atoms with Gasteiger partial charge in [-0.1, -0.05) is 18.9 Å². The molecule has 2 aromatic carbocycles. The van der Waals surface area contributed by atoms with E-state index < -0.39 is 21.7 Å². The van der Waals surface area contributed by atoms with Gasteiger partial charge in [-0.25, -0.2) is 12.8 Å². The number of methoxy groups -OCH3 is 1. The zero-order chi connectivity index (χ0) is 21.0. The molecule has 0 unspecified atom stereocenters. The van der Waals surface area contributed by atoms with Gasteiger partial charge in [0, 0.05) is 24.3 Å². The van der Waals surface area contributed by atoms with E-state index in [4.69, 9.17) is 4.74 Å². The Morgan fingerprint density at radius 2 is 1.76 bits per heavy atom. The number of anilines is 1. The largest absolute Gasteiger partial charge is 0.495 e. The van der Waals surface area contributed by atoms with Crippen molar-refractivity contribution in [3.05, 3.63) is 53.3 Å². The Kier molecular flexibility index (Phi) is 6.54. The topological polar surface area (TPSA) is 75.7 Å². The molecular formula is C21H25FN2O4S. The van der Waals surface area contributed by atoms with Crippen LogP contribution in [0.1, 0.15) is 41.6 Å². The molecule has 0 saturated carbocycles. The Hall–Kier alpha value is -2.45. The lowest BCUT2D eigenvalue weighted by Gasteiger charge is -2.21. The fraction of sp³-hybridized carbons (Fsp3) is 0.381. The molecule has 1 heterocycles. The number of sulfonamides is 1. The van der Waals surface area contributed by atoms with E-state index in [1.165, 1.54) is 35.7 Å². The number of aryl methyl sites for hydroxylation is 1. The third-order valence-corrected chi connectivity index (χ3v) is 6.96. The third kappa shape index (κ3) is 4.76. The van der Waals surface area contributed by atoms with Crippen LogP contribution in [-0.4, -0.2) is 38.8 Å². The highest BCUT2D eigenvalue weighted by atomic mass is 32.2. The lowest BCUT2D eigenvalue weighted by atomic mass is 10.2. The monoisotopic (exact) mass is 420 g/mol. The number of carbonyl (C=O) groups excluding carboxylic acids is 1. The molecule has 1 amide bonds. The molecule has 0 radical (unpaired) electrons. The van der Waals surface area contributed by atoms with Gasteiger partial charge in [0.2, 0.25) is 10.0 Å². The van der Waals surface area contributed by atoms with Crippen LogP contribution in [0.25, 0.3) is 0 Å². The second-order valence-corrected chi connectivity index (χ2v) is 9.01. The van der Waals surface area contributed by atoms with Crippen LogP contribution < -0.4 is 10.1 Å². The van der Waals surface area contributed by atoms with E-state index in [0.717, 1.165) is 25.7 Å². The number of halogens is 1. The summed E-state index contributed by atoms with van der Waals surface area (Å²) in [6.07, 6.45) is 3.61. The van der Waals surface area contributed by atoms with E-state index in [9.17, 15) is 17.6 Å². The fourth-order valence-electron chi connectivity index (χ4n) is 3.31. The highest BCUT2D eigenvalue weighted by Gasteiger charge is 2.29. The average molecular weight is 421 g/mol. The van der Waals surface area contributed by atoms with E-state index in [1.807, 2.05) is 0 Å². The van der Waals surface area contributed by atoms with Crippen molar-refractivity contribution >= 4 is 21.6 Å². The van der Waals surface area contributed by atoms with E-state index in [1.54, 1.807) is 19.1 Å². The summed E-state index contributed by atoms with van der Waals surface area (Å²) in [7, 11) is -2.41. The Labute approximate surface area is 170 Å². The van der Waals surface area contributed by atoms with Gasteiger partial charge in [-0.15, -0.1) is 0 Å². The molecule has 3 rings (SSSR count). The maximum absolute atomic E-state index is 13.7. The molecule has 1 saturated heterocycles. The van der Waals surface area contributed by atoms with Crippen molar-refractivity contribution in [3.63, 3.8) is 0 Å². The van der Waals surface area contributed by atoms with Crippen molar-refractivity contribution in [1.82, 2.24) is 4.31 Å². The molecule has 1 N–H and O–H groups in total. The van der Waals surface area contributed by atoms with Gasteiger partial charge in [0.05, 0.1) is 7.11 Å². The molecule has 0 atom stereocenters. The molecule has 6 nitrogen and oxygen atoms in total. The van der Waals surface area contributed by atoms with Crippen LogP contribution in [0.2, 0.25) is 0 Å². The molecule has 1 aliphatic heterocycles. The third-order valence-electron chi connectivity index (χ3n) is 5.04. The summed E-state index contributed by atoms with van der Waals surface area (Å²) in [6, 6.07) is 8.66. The number of hydrogen-bond acceptors (Lipinski definition) is 4. The van der Waals surface area contributed by atoms with E-state index >= 15 is 0 Å². The van der Waals surface area contributed by atoms with Crippen molar-refractivity contribution in [2.24, 2.45) is 0 Å². The quantitative estimate of drug-likeness (QED) is 0.794. The van der Waals surface area contributed by atoms with E-state index in [0.29, 0.717) is 24.3 Å². The number of amides is 1. The first-order valence-corrected chi connectivity index (χ1v) is 11.0. The summed E-state index contributed by atoms with van der Waals surface area (Å²) in [5.41, 5.74) is 0.921. The summed E-state index contributed by atoms with van der Waals surface area (Å²) in [6.45, 7) is 2.53. The van der Waals surface area contributed by atoms with Crippen LogP contribution in [0.3, 0.4) is 0 Å². The number of hydrogen-bond donors (Lipinski definition) is 1. The minimum Gasteiger partial charge on any atom is -0.495 e. The molecule has 2 aromatic rings. The molecule has 29 heavy (non-hydrogen) atoms. The number of ether oxygens (including phenoxy) is 1. The van der Waals surface area contributed by atoms with Crippen molar-refractivity contribution in [2.75, 3.05) is 25.5 Å². The molecule has 0 spiro atoms. The first-order valence-electron chi connectivity index (χ1n) is 9.58. The lowest BCUT2D eigenvalue weighted by molar-refractivity contribution is 0.102. The predicted molar refractivity (Wildman–Crippen MR) is 109 cm³/mol. The highest BCUT2D eigenvalue weighted by Crippen LogP contribution is 2.29. The zero-order valence-corrected chi connectivity index (χ0v) is 17.4. The maximum Gasteiger partial charge on any atom is 0.255 e. The fourth-order valence-corrected chi connectivity index (χ4v) is 5.01. The smallest absolute Gasteiger partial charge is 0.255 e. The Morgan fingerprint density at radius 3 is 2.38 bits per heavy atom. The van der Waals surface area contributed by atoms with E-state index in [-0.39, 0.29) is 16.2 Å². The number of nitrogens with zero attached hydrogens (tertiary/aromatic N) is 1. The van der Waals surface area contributed by atoms with Gasteiger partial charge in [0.15, 0.2) is 0 Å². The number of rotatable bonds is 5. The Bertz CT molecular complexity index is 1000. The molecule has 0 aromatic heterocycles. The van der Waals surface area contributed by atoms with Gasteiger partial charge in [0.1, 0.15) is 16.5 Å². The number of carbonyl (C=O) groups is 1. The second-order valence-electron chi connectivity index (χ2n) is 7.10. The molecule has 0 bridgehead atoms. The summed E-state index contributed by atoms with van der Waals surface area (Å²) in [5.74, 6) is -0.766. The molecule has 156 valence electrons. The van der Waals surface area contributed by atoms with Gasteiger partial charge in [-0.2, -0.15) is 4.31 Å². The average Bonchev–Trinajstić information content (AvgIpc) is 3.00. The van der Waals surface area contributed by atoms with Gasteiger partial charge in [-0.3, -0.25) is 4.79 Å². The van der Waals surface area contributed by atoms with Crippen molar-refractivity contribution in [1.29, 1.82) is 0 Å². The van der Waals surface area contributed by atoms with Gasteiger partial charge in [0.25, 0.3) is 5.91 Å². The van der Waals surface area contributed by atoms with Crippen molar-refractivity contribution in [3.8, 4) is 5.75 Å². The van der Waals surface area contributed by atoms with Crippen LogP contribution >= 0.6 is 0 Å². The Morgan fingerprint density at radius 1 is 1.07 bits per heavy atom. The van der Waals surface area contributed by atoms with Gasteiger partial charge >= 0.3 is 0 Å². The molecule has 8 heteroatoms. The lowest BCUT2D eigenvalue weighted by Crippen LogP contribution is -2.32. The standard InChI is InChI=1S/C21H25FN2O4S/c1-15-7-9-17(14-18(15)22)23-21(25)16-8-10-19(28-2)20(13-16)29(26,27)24-11-5-3-4-6-12-24/h7-10,13-14H,3-6,11-12H2,1-2H3,(H,23,25). The predicted octanol–water partition coefficient (Wildman–Crippen LogP) is 3.96. The summed E-state index contributed by atoms with van der Waals surface area (Å²) >= 11 is 0. The molecular weight excluding hydrogens is 395 g/mol. The minimum absolute atomic E-state index is 0.0374. The second kappa shape index (κ2) is 8.92. The van der Waals surface area contributed by atoms with Gasteiger partial charge in [-0.05, 0) is 55.7 Å². The molecule has 0 aliphatic carbocycles. The molecule has 1 fully saturated rings. The Balaban J connectivity index is 1.91. The minimum atomic E-state index is -3.80. The number of benzene rings is 2. The van der Waals surface area contributed by atoms with Crippen LogP contribution in [0.5, 0.6) is 5.75 Å². The molecule has 1 aliphatic rings. The van der Waals surface area contributed by atoms with Crippen molar-refractivity contribution in [2.45, 2.75) is 37.5 Å². The van der Waals surface area contributed by atoms with Crippen molar-refractivity contribution < 1.29 is 22.3 Å². The highest BCUT2D eigenvalue weighted by molar-refractivity contribution is 7.89. The van der Waals surface area contributed by atoms with Gasteiger partial charge < -0.3 is 10.1 Å². The summed E-state index contributed by atoms with van der Waals surface area (Å²) in [4.78, 5) is 12.6. The number of nitrogens with one attached hydrogen (secondary N) is 1.